The summed E-state index contributed by atoms with van der Waals surface area (Å²) in [5, 5.41) is 24.1. The van der Waals surface area contributed by atoms with Crippen LogP contribution in [-0.2, 0) is 23.4 Å². The number of aromatic nitrogens is 4. The molecule has 3 rings (SSSR count). The van der Waals surface area contributed by atoms with Crippen molar-refractivity contribution in [2.45, 2.75) is 71.1 Å². The summed E-state index contributed by atoms with van der Waals surface area (Å²) in [6.07, 6.45) is 1.91. The minimum absolute atomic E-state index is 0.176. The Kier molecular flexibility index (Phi) is 12.8. The van der Waals surface area contributed by atoms with Gasteiger partial charge in [0.05, 0.1) is 6.61 Å². The molecule has 0 aliphatic carbocycles. The van der Waals surface area contributed by atoms with E-state index in [1.807, 2.05) is 13.8 Å². The van der Waals surface area contributed by atoms with Crippen molar-refractivity contribution in [2.75, 3.05) is 22.9 Å². The number of nitrogens with zero attached hydrogens (tertiary/aromatic N) is 4. The van der Waals surface area contributed by atoms with E-state index >= 15 is 0 Å². The molecule has 3 heterocycles. The molecule has 7 atom stereocenters. The van der Waals surface area contributed by atoms with Gasteiger partial charge in [-0.15, -0.1) is 6.58 Å². The number of hydrogen-bond acceptors (Lipinski definition) is 12. The van der Waals surface area contributed by atoms with Crippen LogP contribution in [0.25, 0.3) is 11.2 Å². The number of imidazole rings is 1. The molecule has 2 aromatic heterocycles. The molecule has 0 amide bonds. The minimum atomic E-state index is -2.53. The molecule has 228 valence electrons. The fourth-order valence-corrected chi connectivity index (χ4v) is 5.53. The Morgan fingerprint density at radius 1 is 1.31 bits per heavy atom. The molecule has 1 aliphatic rings. The van der Waals surface area contributed by atoms with E-state index in [4.69, 9.17) is 18.7 Å². The number of aliphatic hydroxyl groups is 2. The number of nitrogens with one attached hydrogen (secondary N) is 2. The van der Waals surface area contributed by atoms with Crippen LogP contribution in [0.15, 0.2) is 31.6 Å². The van der Waals surface area contributed by atoms with Crippen molar-refractivity contribution < 1.29 is 38.3 Å². The number of aliphatic hydroxyl groups excluding tert-OH is 2. The van der Waals surface area contributed by atoms with Gasteiger partial charge in [-0.3, -0.25) is 4.79 Å². The molecule has 0 aromatic carbocycles. The monoisotopic (exact) mass is 799 g/mol. The zero-order chi connectivity index (χ0) is 31.0. The summed E-state index contributed by atoms with van der Waals surface area (Å²) < 4.78 is 40.0. The van der Waals surface area contributed by atoms with Gasteiger partial charge in [-0.25, -0.2) is 0 Å². The Balaban J connectivity index is 1.68. The third-order valence-corrected chi connectivity index (χ3v) is 8.68. The van der Waals surface area contributed by atoms with E-state index in [1.165, 1.54) is 13.3 Å². The number of esters is 1. The van der Waals surface area contributed by atoms with Crippen molar-refractivity contribution in [1.82, 2.24) is 24.6 Å². The second kappa shape index (κ2) is 15.6. The first-order valence-electron chi connectivity index (χ1n) is 13.5. The molecule has 1 fully saturated rings. The van der Waals surface area contributed by atoms with Gasteiger partial charge in [0.2, 0.25) is 0 Å². The van der Waals surface area contributed by atoms with Crippen molar-refractivity contribution in [1.29, 1.82) is 0 Å². The van der Waals surface area contributed by atoms with Crippen LogP contribution in [0, 0.1) is 11.3 Å². The summed E-state index contributed by atoms with van der Waals surface area (Å²) >= 11 is 0.373. The quantitative estimate of drug-likeness (QED) is 0.0640. The van der Waals surface area contributed by atoms with Crippen LogP contribution in [0.3, 0.4) is 0 Å². The van der Waals surface area contributed by atoms with Crippen LogP contribution in [0.2, 0.25) is 0 Å². The summed E-state index contributed by atoms with van der Waals surface area (Å²) in [5.74, 6) is -0.488. The molecule has 16 heteroatoms. The van der Waals surface area contributed by atoms with Gasteiger partial charge in [0, 0.05) is 5.41 Å². The first-order chi connectivity index (χ1) is 19.9. The average molecular weight is 799 g/mol. The number of hydrogen-bond donors (Lipinski definition) is 4. The third kappa shape index (κ3) is 8.74. The topological polar surface area (TPSA) is 179 Å². The van der Waals surface area contributed by atoms with E-state index in [-0.39, 0.29) is 18.6 Å². The molecule has 1 aliphatic heterocycles. The molecule has 2 aromatic rings. The first kappa shape index (κ1) is 34.4. The van der Waals surface area contributed by atoms with Crippen LogP contribution in [0.4, 0.5) is 5.95 Å². The van der Waals surface area contributed by atoms with Crippen molar-refractivity contribution in [3.8, 4) is 5.88 Å². The Bertz CT molecular complexity index is 1260. The summed E-state index contributed by atoms with van der Waals surface area (Å²) in [7, 11) is -2.53. The molecule has 0 radical (unpaired) electrons. The molecule has 0 bridgehead atoms. The number of fused-ring (bicyclic) bond motifs is 1. The molecular formula is C26H39N6O8PTl+. The van der Waals surface area contributed by atoms with Gasteiger partial charge in [0.15, 0.2) is 0 Å². The van der Waals surface area contributed by atoms with Crippen molar-refractivity contribution in [3.05, 3.63) is 31.6 Å². The second-order valence-electron chi connectivity index (χ2n) is 10.8. The number of allylic oxidation sites excluding steroid dienone is 1. The molecule has 3 unspecified atom stereocenters. The molecule has 42 heavy (non-hydrogen) atoms. The number of rotatable bonds is 16. The zero-order valence-electron chi connectivity index (χ0n) is 24.3. The summed E-state index contributed by atoms with van der Waals surface area (Å²) in [5.41, 5.74) is 0.550. The number of carbonyl (C=O) groups excluding carboxylic acids is 1. The Morgan fingerprint density at radius 2 is 2.05 bits per heavy atom. The van der Waals surface area contributed by atoms with Crippen LogP contribution in [0.1, 0.15) is 46.8 Å². The normalized spacial score (nSPS) is 23.6. The van der Waals surface area contributed by atoms with Gasteiger partial charge < -0.3 is 4.74 Å². The third-order valence-electron chi connectivity index (χ3n) is 6.70. The van der Waals surface area contributed by atoms with Crippen molar-refractivity contribution in [2.24, 2.45) is 11.3 Å². The van der Waals surface area contributed by atoms with Crippen molar-refractivity contribution >= 4 is 57.3 Å². The van der Waals surface area contributed by atoms with Crippen molar-refractivity contribution in [3.63, 3.8) is 0 Å². The van der Waals surface area contributed by atoms with E-state index in [2.05, 4.69) is 36.3 Å². The molecule has 4 N–H and O–H groups in total. The van der Waals surface area contributed by atoms with Crippen LogP contribution >= 0.6 is 8.18 Å². The first-order valence-corrected chi connectivity index (χ1v) is 16.9. The Hall–Kier alpha value is -2.08. The summed E-state index contributed by atoms with van der Waals surface area (Å²) in [6.45, 7) is 14.7. The molecular weight excluding hydrogens is 760 g/mol. The maximum absolute atomic E-state index is 12.6. The maximum atomic E-state index is 12.6. The van der Waals surface area contributed by atoms with Gasteiger partial charge in [0.25, 0.3) is 0 Å². The fraction of sp³-hybridized carbons (Fsp3) is 0.615. The second-order valence-corrected chi connectivity index (χ2v) is 13.0. The molecule has 0 spiro atoms. The van der Waals surface area contributed by atoms with Gasteiger partial charge >= 0.3 is 196 Å². The molecule has 1 saturated heterocycles. The number of anilines is 1. The standard InChI is InChI=1S/C26H39N6O8P.Tl/c1-7-9-11-37-22-18-21(29-25(27)30-22)32(14-28-18)23-15(3)19(33)20(34)17(40-23)12-39-41(36)31-16(4)24(35)38-13-26(5,6)10-8-2;/h7-8,14-17,19-20,23,33-34H,1-2,9-13H2,3-6H3,(H2-,27,29,30,31,36);/q;+1/t15-,16-,17?,19-,20+,23?;/m0./s1. The van der Waals surface area contributed by atoms with Gasteiger partial charge in [0.1, 0.15) is 6.04 Å². The Morgan fingerprint density at radius 3 is 2.71 bits per heavy atom. The SMILES string of the molecule is C=CCCOc1nc([NH][Tl])nc2c1ncn2C1OC(CO[P+](=O)N[C@@H](C)C(=O)OCC(C)(C)CC=C)[C@@H](O)[C@@H](O)[C@@H]1C. The fourth-order valence-electron chi connectivity index (χ4n) is 4.25. The van der Waals surface area contributed by atoms with Crippen LogP contribution in [-0.4, -0.2) is 106 Å². The molecule has 0 saturated carbocycles. The van der Waals surface area contributed by atoms with Gasteiger partial charge in [-0.05, 0) is 13.3 Å². The zero-order valence-corrected chi connectivity index (χ0v) is 29.7. The van der Waals surface area contributed by atoms with E-state index in [0.29, 0.717) is 68.5 Å². The average Bonchev–Trinajstić information content (AvgIpc) is 3.38. The van der Waals surface area contributed by atoms with Gasteiger partial charge in [-0.2, -0.15) is 0 Å². The predicted molar refractivity (Wildman–Crippen MR) is 156 cm³/mol. The number of ether oxygens (including phenoxy) is 3. The molecule has 14 nitrogen and oxygen atoms in total. The van der Waals surface area contributed by atoms with Crippen LogP contribution < -0.4 is 13.0 Å². The van der Waals surface area contributed by atoms with E-state index < -0.39 is 50.6 Å². The van der Waals surface area contributed by atoms with E-state index in [1.54, 1.807) is 23.6 Å². The predicted octanol–water partition coefficient (Wildman–Crippen LogP) is 2.33. The van der Waals surface area contributed by atoms with Crippen LogP contribution in [0.5, 0.6) is 5.88 Å². The summed E-state index contributed by atoms with van der Waals surface area (Å²) in [6, 6.07) is -0.909. The Labute approximate surface area is 262 Å². The van der Waals surface area contributed by atoms with E-state index in [9.17, 15) is 19.6 Å². The number of carbonyl (C=O) groups is 1. The summed E-state index contributed by atoms with van der Waals surface area (Å²) in [4.78, 5) is 25.7. The van der Waals surface area contributed by atoms with Gasteiger partial charge in [-0.1, -0.05) is 19.9 Å². The van der Waals surface area contributed by atoms with E-state index in [0.717, 1.165) is 0 Å².